The molecule has 0 N–H and O–H groups in total. The average Bonchev–Trinajstić information content (AvgIpc) is 2.05. The van der Waals surface area contributed by atoms with Crippen LogP contribution in [0.15, 0.2) is 10.2 Å². The normalized spacial score (nSPS) is 9.27. The van der Waals surface area contributed by atoms with Gasteiger partial charge in [0.15, 0.2) is 0 Å². The van der Waals surface area contributed by atoms with Crippen LogP contribution in [0.3, 0.4) is 0 Å². The first-order valence-corrected chi connectivity index (χ1v) is 5.90. The topological polar surface area (TPSA) is 24.7 Å². The first-order chi connectivity index (χ1) is 6.86. The predicted molar refractivity (Wildman–Crippen MR) is 74.0 cm³/mol. The van der Waals surface area contributed by atoms with E-state index in [1.165, 1.54) is 0 Å². The Bertz CT molecular complexity index is 149. The molecule has 2 nitrogen and oxygen atoms in total. The fourth-order valence-corrected chi connectivity index (χ4v) is 0.282. The molecule has 0 aliphatic heterocycles. The Labute approximate surface area is 96.9 Å². The zero-order valence-electron chi connectivity index (χ0n) is 12.1. The number of nitrogens with zero attached hydrogens (tertiary/aromatic N) is 2. The summed E-state index contributed by atoms with van der Waals surface area (Å²) >= 11 is 0. The van der Waals surface area contributed by atoms with Crippen molar-refractivity contribution in [3.63, 3.8) is 0 Å². The third kappa shape index (κ3) is 60.2. The Morgan fingerprint density at radius 1 is 0.933 bits per heavy atom. The van der Waals surface area contributed by atoms with Crippen molar-refractivity contribution >= 4 is 11.9 Å². The van der Waals surface area contributed by atoms with E-state index < -0.39 is 0 Å². The van der Waals surface area contributed by atoms with Gasteiger partial charge in [0.1, 0.15) is 0 Å². The van der Waals surface area contributed by atoms with Gasteiger partial charge in [-0.05, 0) is 25.7 Å². The Hall–Kier alpha value is -0.660. The van der Waals surface area contributed by atoms with Gasteiger partial charge in [-0.25, -0.2) is 0 Å². The van der Waals surface area contributed by atoms with Gasteiger partial charge in [-0.3, -0.25) is 0 Å². The van der Waals surface area contributed by atoms with Crippen molar-refractivity contribution < 1.29 is 0 Å². The molecule has 0 unspecified atom stereocenters. The molecular weight excluding hydrogens is 184 g/mol. The molecule has 0 bridgehead atoms. The van der Waals surface area contributed by atoms with E-state index in [1.54, 1.807) is 0 Å². The summed E-state index contributed by atoms with van der Waals surface area (Å²) in [5.74, 6) is 1.33. The van der Waals surface area contributed by atoms with E-state index in [-0.39, 0.29) is 0 Å². The molecule has 0 spiro atoms. The van der Waals surface area contributed by atoms with Crippen molar-refractivity contribution in [3.05, 3.63) is 0 Å². The Balaban J connectivity index is -0.000000202. The second-order valence-corrected chi connectivity index (χ2v) is 4.29. The zero-order chi connectivity index (χ0) is 12.9. The summed E-state index contributed by atoms with van der Waals surface area (Å²) in [6, 6.07) is 0. The SMILES string of the molecule is CC.CC(C)=N/N=C\C(C)C.CC(C)C. The molecule has 0 heterocycles. The van der Waals surface area contributed by atoms with E-state index in [2.05, 4.69) is 44.8 Å². The van der Waals surface area contributed by atoms with E-state index in [0.717, 1.165) is 11.6 Å². The van der Waals surface area contributed by atoms with E-state index in [4.69, 9.17) is 0 Å². The van der Waals surface area contributed by atoms with Gasteiger partial charge in [0, 0.05) is 11.9 Å². The Morgan fingerprint density at radius 3 is 1.47 bits per heavy atom. The summed E-state index contributed by atoms with van der Waals surface area (Å²) in [7, 11) is 0. The smallest absolute Gasteiger partial charge is 0.0344 e. The second kappa shape index (κ2) is 15.8. The van der Waals surface area contributed by atoms with Gasteiger partial charge in [0.2, 0.25) is 0 Å². The number of hydrogen-bond donors (Lipinski definition) is 0. The highest BCUT2D eigenvalue weighted by atomic mass is 15.2. The molecule has 0 aliphatic carbocycles. The standard InChI is InChI=1S/C7H14N2.C4H10.C2H6/c1-6(2)5-8-9-7(3)4;1-4(2)3;1-2/h5-6H,1-4H3;4H,1-3H3;1-2H3/b8-5-;;. The van der Waals surface area contributed by atoms with Crippen LogP contribution in [-0.4, -0.2) is 11.9 Å². The van der Waals surface area contributed by atoms with Crippen LogP contribution < -0.4 is 0 Å². The van der Waals surface area contributed by atoms with E-state index >= 15 is 0 Å². The van der Waals surface area contributed by atoms with Crippen molar-refractivity contribution in [1.29, 1.82) is 0 Å². The average molecular weight is 214 g/mol. The summed E-state index contributed by atoms with van der Waals surface area (Å²) in [4.78, 5) is 0. The highest BCUT2D eigenvalue weighted by molar-refractivity contribution is 5.79. The molecule has 0 aromatic rings. The number of hydrogen-bond acceptors (Lipinski definition) is 2. The molecule has 0 radical (unpaired) electrons. The monoisotopic (exact) mass is 214 g/mol. The van der Waals surface area contributed by atoms with E-state index in [0.29, 0.717) is 5.92 Å². The molecule has 15 heavy (non-hydrogen) atoms. The zero-order valence-corrected chi connectivity index (χ0v) is 12.1. The van der Waals surface area contributed by atoms with Gasteiger partial charge < -0.3 is 0 Å². The van der Waals surface area contributed by atoms with Crippen LogP contribution in [0.5, 0.6) is 0 Å². The Kier molecular flexibility index (Phi) is 20.9. The van der Waals surface area contributed by atoms with Crippen LogP contribution in [0.25, 0.3) is 0 Å². The van der Waals surface area contributed by atoms with Gasteiger partial charge >= 0.3 is 0 Å². The number of rotatable bonds is 2. The minimum absolute atomic E-state index is 0.494. The lowest BCUT2D eigenvalue weighted by Gasteiger charge is -1.88. The molecule has 0 fully saturated rings. The summed E-state index contributed by atoms with van der Waals surface area (Å²) in [5, 5.41) is 7.68. The fraction of sp³-hybridized carbons (Fsp3) is 0.846. The summed E-state index contributed by atoms with van der Waals surface area (Å²) in [5.41, 5.74) is 0.992. The van der Waals surface area contributed by atoms with Crippen LogP contribution in [-0.2, 0) is 0 Å². The molecule has 0 aliphatic rings. The molecule has 0 saturated carbocycles. The lowest BCUT2D eigenvalue weighted by molar-refractivity contribution is 0.737. The maximum Gasteiger partial charge on any atom is 0.0344 e. The molecule has 0 amide bonds. The molecule has 0 rings (SSSR count). The minimum atomic E-state index is 0.494. The molecule has 0 aromatic carbocycles. The quantitative estimate of drug-likeness (QED) is 0.466. The van der Waals surface area contributed by atoms with Gasteiger partial charge in [0.05, 0.1) is 0 Å². The lowest BCUT2D eigenvalue weighted by Crippen LogP contribution is -1.86. The fourth-order valence-electron chi connectivity index (χ4n) is 0.282. The van der Waals surface area contributed by atoms with Crippen molar-refractivity contribution in [2.45, 2.75) is 62.3 Å². The van der Waals surface area contributed by atoms with Gasteiger partial charge in [-0.15, -0.1) is 0 Å². The molecule has 0 saturated heterocycles. The van der Waals surface area contributed by atoms with Crippen molar-refractivity contribution in [1.82, 2.24) is 0 Å². The van der Waals surface area contributed by atoms with Crippen LogP contribution in [0.1, 0.15) is 62.3 Å². The van der Waals surface area contributed by atoms with Crippen molar-refractivity contribution in [3.8, 4) is 0 Å². The summed E-state index contributed by atoms with van der Waals surface area (Å²) < 4.78 is 0. The minimum Gasteiger partial charge on any atom is -0.163 e. The first-order valence-electron chi connectivity index (χ1n) is 5.90. The van der Waals surface area contributed by atoms with Gasteiger partial charge in [-0.1, -0.05) is 48.5 Å². The van der Waals surface area contributed by atoms with Crippen molar-refractivity contribution in [2.24, 2.45) is 22.0 Å². The van der Waals surface area contributed by atoms with Gasteiger partial charge in [-0.2, -0.15) is 10.2 Å². The van der Waals surface area contributed by atoms with Gasteiger partial charge in [0.25, 0.3) is 0 Å². The van der Waals surface area contributed by atoms with Crippen LogP contribution >= 0.6 is 0 Å². The largest absolute Gasteiger partial charge is 0.163 e. The first kappa shape index (κ1) is 19.8. The van der Waals surface area contributed by atoms with E-state index in [1.807, 2.05) is 33.9 Å². The summed E-state index contributed by atoms with van der Waals surface area (Å²) in [6.07, 6.45) is 1.83. The molecular formula is C13H30N2. The second-order valence-electron chi connectivity index (χ2n) is 4.29. The van der Waals surface area contributed by atoms with Crippen molar-refractivity contribution in [2.75, 3.05) is 0 Å². The van der Waals surface area contributed by atoms with E-state index in [9.17, 15) is 0 Å². The Morgan fingerprint density at radius 2 is 1.27 bits per heavy atom. The molecule has 0 atom stereocenters. The maximum absolute atomic E-state index is 3.85. The highest BCUT2D eigenvalue weighted by Crippen LogP contribution is 1.85. The third-order valence-corrected chi connectivity index (χ3v) is 0.623. The van der Waals surface area contributed by atoms with Crippen LogP contribution in [0.2, 0.25) is 0 Å². The maximum atomic E-state index is 3.85. The molecule has 0 aromatic heterocycles. The molecule has 2 heteroatoms. The van der Waals surface area contributed by atoms with Crippen LogP contribution in [0.4, 0.5) is 0 Å². The van der Waals surface area contributed by atoms with Crippen LogP contribution in [0, 0.1) is 11.8 Å². The highest BCUT2D eigenvalue weighted by Gasteiger charge is 1.81. The predicted octanol–water partition coefficient (Wildman–Crippen LogP) is 4.80. The molecule has 92 valence electrons. The lowest BCUT2D eigenvalue weighted by atomic mass is 10.3. The third-order valence-electron chi connectivity index (χ3n) is 0.623. The summed E-state index contributed by atoms with van der Waals surface area (Å²) in [6.45, 7) is 18.5.